The fourth-order valence-electron chi connectivity index (χ4n) is 4.21. The van der Waals surface area contributed by atoms with Crippen LogP contribution in [0.4, 0.5) is 22.4 Å². The SMILES string of the molecule is O=C(c1c(F)c(F)cc(F)c1F)C1CC2COCC(C1)N2C(=O)OCc1ccccc1. The first-order valence-electron chi connectivity index (χ1n) is 9.80. The predicted octanol–water partition coefficient (Wildman–Crippen LogP) is 4.24. The fraction of sp³-hybridized carbons (Fsp3) is 0.364. The highest BCUT2D eigenvalue weighted by Crippen LogP contribution is 2.35. The highest BCUT2D eigenvalue weighted by Gasteiger charge is 2.45. The maximum Gasteiger partial charge on any atom is 0.410 e. The number of nitrogens with zero attached hydrogens (tertiary/aromatic N) is 1. The maximum absolute atomic E-state index is 14.1. The van der Waals surface area contributed by atoms with E-state index in [0.29, 0.717) is 0 Å². The van der Waals surface area contributed by atoms with Crippen LogP contribution in [0.2, 0.25) is 0 Å². The number of benzene rings is 2. The van der Waals surface area contributed by atoms with Crippen molar-refractivity contribution >= 4 is 11.9 Å². The molecule has 2 atom stereocenters. The molecule has 1 amide bonds. The number of Topliss-reactive ketones (excluding diaryl/α,β-unsaturated/α-hetero) is 1. The van der Waals surface area contributed by atoms with Crippen LogP contribution in [0.3, 0.4) is 0 Å². The second-order valence-corrected chi connectivity index (χ2v) is 7.67. The molecule has 2 fully saturated rings. The molecule has 0 radical (unpaired) electrons. The van der Waals surface area contributed by atoms with Crippen molar-refractivity contribution in [3.63, 3.8) is 0 Å². The molecule has 2 saturated heterocycles. The van der Waals surface area contributed by atoms with E-state index in [4.69, 9.17) is 9.47 Å². The molecule has 0 spiro atoms. The molecular weight excluding hydrogens is 418 g/mol. The molecule has 2 unspecified atom stereocenters. The van der Waals surface area contributed by atoms with E-state index in [0.717, 1.165) is 5.56 Å². The quantitative estimate of drug-likeness (QED) is 0.408. The lowest BCUT2D eigenvalue weighted by atomic mass is 9.80. The first kappa shape index (κ1) is 21.3. The summed E-state index contributed by atoms with van der Waals surface area (Å²) in [7, 11) is 0. The van der Waals surface area contributed by atoms with Crippen molar-refractivity contribution in [1.82, 2.24) is 4.90 Å². The number of ketones is 1. The van der Waals surface area contributed by atoms with E-state index in [9.17, 15) is 27.2 Å². The van der Waals surface area contributed by atoms with Crippen LogP contribution in [0.5, 0.6) is 0 Å². The van der Waals surface area contributed by atoms with Gasteiger partial charge in [-0.3, -0.25) is 9.69 Å². The molecule has 0 N–H and O–H groups in total. The summed E-state index contributed by atoms with van der Waals surface area (Å²) in [5.74, 6) is -8.63. The molecule has 31 heavy (non-hydrogen) atoms. The summed E-state index contributed by atoms with van der Waals surface area (Å²) in [5, 5.41) is 0. The number of fused-ring (bicyclic) bond motifs is 2. The van der Waals surface area contributed by atoms with Gasteiger partial charge in [0, 0.05) is 12.0 Å². The third-order valence-corrected chi connectivity index (χ3v) is 5.67. The molecule has 2 heterocycles. The van der Waals surface area contributed by atoms with E-state index in [2.05, 4.69) is 0 Å². The average molecular weight is 437 g/mol. The van der Waals surface area contributed by atoms with E-state index in [1.807, 2.05) is 30.3 Å². The third kappa shape index (κ3) is 4.14. The molecule has 0 aromatic heterocycles. The van der Waals surface area contributed by atoms with Crippen LogP contribution in [0.25, 0.3) is 0 Å². The average Bonchev–Trinajstić information content (AvgIpc) is 2.76. The summed E-state index contributed by atoms with van der Waals surface area (Å²) in [5.41, 5.74) is -0.414. The maximum atomic E-state index is 14.1. The van der Waals surface area contributed by atoms with Gasteiger partial charge in [-0.1, -0.05) is 30.3 Å². The zero-order valence-corrected chi connectivity index (χ0v) is 16.3. The second kappa shape index (κ2) is 8.66. The van der Waals surface area contributed by atoms with Crippen LogP contribution < -0.4 is 0 Å². The summed E-state index contributed by atoms with van der Waals surface area (Å²) >= 11 is 0. The van der Waals surface area contributed by atoms with Gasteiger partial charge in [-0.2, -0.15) is 0 Å². The minimum atomic E-state index is -1.71. The Morgan fingerprint density at radius 3 is 2.13 bits per heavy atom. The number of hydrogen-bond acceptors (Lipinski definition) is 4. The van der Waals surface area contributed by atoms with Crippen molar-refractivity contribution in [3.8, 4) is 0 Å². The zero-order chi connectivity index (χ0) is 22.1. The largest absolute Gasteiger partial charge is 0.445 e. The number of amides is 1. The van der Waals surface area contributed by atoms with Crippen molar-refractivity contribution < 1.29 is 36.6 Å². The standard InChI is InChI=1S/C22H19F4NO4/c23-16-8-17(24)20(26)18(19(16)25)21(28)13-6-14-10-30-11-15(7-13)27(14)22(29)31-9-12-4-2-1-3-5-12/h1-5,8,13-15H,6-7,9-11H2. The van der Waals surface area contributed by atoms with Crippen LogP contribution >= 0.6 is 0 Å². The van der Waals surface area contributed by atoms with Gasteiger partial charge in [0.05, 0.1) is 30.9 Å². The van der Waals surface area contributed by atoms with E-state index >= 15 is 0 Å². The second-order valence-electron chi connectivity index (χ2n) is 7.67. The zero-order valence-electron chi connectivity index (χ0n) is 16.3. The molecule has 0 saturated carbocycles. The number of piperidine rings is 1. The van der Waals surface area contributed by atoms with Gasteiger partial charge >= 0.3 is 6.09 Å². The molecule has 164 valence electrons. The molecule has 0 aliphatic carbocycles. The highest BCUT2D eigenvalue weighted by atomic mass is 19.2. The Balaban J connectivity index is 1.50. The Morgan fingerprint density at radius 1 is 0.968 bits per heavy atom. The van der Waals surface area contributed by atoms with E-state index < -0.39 is 58.7 Å². The van der Waals surface area contributed by atoms with Crippen LogP contribution in [-0.4, -0.2) is 42.1 Å². The Morgan fingerprint density at radius 2 is 1.55 bits per heavy atom. The Kier molecular flexibility index (Phi) is 5.95. The monoisotopic (exact) mass is 437 g/mol. The minimum absolute atomic E-state index is 0.0345. The topological polar surface area (TPSA) is 55.8 Å². The summed E-state index contributed by atoms with van der Waals surface area (Å²) < 4.78 is 66.1. The highest BCUT2D eigenvalue weighted by molar-refractivity contribution is 5.98. The summed E-state index contributed by atoms with van der Waals surface area (Å²) in [6.07, 6.45) is -0.512. The molecule has 5 nitrogen and oxygen atoms in total. The lowest BCUT2D eigenvalue weighted by Crippen LogP contribution is -2.60. The summed E-state index contributed by atoms with van der Waals surface area (Å²) in [6, 6.07) is 8.03. The smallest absolute Gasteiger partial charge is 0.410 e. The number of rotatable bonds is 4. The van der Waals surface area contributed by atoms with Gasteiger partial charge < -0.3 is 9.47 Å². The van der Waals surface area contributed by atoms with Gasteiger partial charge in [-0.05, 0) is 18.4 Å². The van der Waals surface area contributed by atoms with Crippen LogP contribution in [0.15, 0.2) is 36.4 Å². The lowest BCUT2D eigenvalue weighted by molar-refractivity contribution is -0.0756. The molecule has 2 aromatic carbocycles. The first-order chi connectivity index (χ1) is 14.9. The molecule has 9 heteroatoms. The van der Waals surface area contributed by atoms with Gasteiger partial charge in [-0.25, -0.2) is 22.4 Å². The van der Waals surface area contributed by atoms with Gasteiger partial charge in [0.2, 0.25) is 0 Å². The first-order valence-corrected chi connectivity index (χ1v) is 9.80. The molecule has 4 rings (SSSR count). The number of morpholine rings is 1. The molecule has 2 aliphatic heterocycles. The van der Waals surface area contributed by atoms with E-state index in [1.54, 1.807) is 0 Å². The Labute approximate surface area is 175 Å². The van der Waals surface area contributed by atoms with Gasteiger partial charge in [0.1, 0.15) is 6.61 Å². The van der Waals surface area contributed by atoms with Crippen molar-refractivity contribution in [3.05, 3.63) is 70.8 Å². The van der Waals surface area contributed by atoms with Crippen molar-refractivity contribution in [2.75, 3.05) is 13.2 Å². The summed E-state index contributed by atoms with van der Waals surface area (Å²) in [4.78, 5) is 26.9. The fourth-order valence-corrected chi connectivity index (χ4v) is 4.21. The number of halogens is 4. The Bertz CT molecular complexity index is 961. The van der Waals surface area contributed by atoms with Gasteiger partial charge in [-0.15, -0.1) is 0 Å². The lowest BCUT2D eigenvalue weighted by Gasteiger charge is -2.47. The van der Waals surface area contributed by atoms with Crippen molar-refractivity contribution in [1.29, 1.82) is 0 Å². The number of carbonyl (C=O) groups is 2. The molecule has 2 aliphatic rings. The third-order valence-electron chi connectivity index (χ3n) is 5.67. The van der Waals surface area contributed by atoms with Crippen molar-refractivity contribution in [2.45, 2.75) is 31.5 Å². The van der Waals surface area contributed by atoms with Crippen molar-refractivity contribution in [2.24, 2.45) is 5.92 Å². The number of hydrogen-bond donors (Lipinski definition) is 0. The number of carbonyl (C=O) groups excluding carboxylic acids is 2. The molecule has 2 aromatic rings. The van der Waals surface area contributed by atoms with E-state index in [1.165, 1.54) is 4.90 Å². The van der Waals surface area contributed by atoms with Crippen LogP contribution in [-0.2, 0) is 16.1 Å². The normalized spacial score (nSPS) is 22.8. The number of ether oxygens (including phenoxy) is 2. The minimum Gasteiger partial charge on any atom is -0.445 e. The Hall–Kier alpha value is -2.94. The molecule has 2 bridgehead atoms. The van der Waals surface area contributed by atoms with Gasteiger partial charge in [0.25, 0.3) is 0 Å². The van der Waals surface area contributed by atoms with Crippen LogP contribution in [0.1, 0.15) is 28.8 Å². The molecular formula is C22H19F4NO4. The summed E-state index contributed by atoms with van der Waals surface area (Å²) in [6.45, 7) is 0.296. The van der Waals surface area contributed by atoms with Crippen LogP contribution in [0, 0.1) is 29.2 Å². The van der Waals surface area contributed by atoms with E-state index in [-0.39, 0.29) is 38.7 Å². The predicted molar refractivity (Wildman–Crippen MR) is 100 cm³/mol. The van der Waals surface area contributed by atoms with Gasteiger partial charge in [0.15, 0.2) is 29.1 Å².